The average Bonchev–Trinajstić information content (AvgIpc) is 3.86. The lowest BCUT2D eigenvalue weighted by Crippen LogP contribution is -2.21. The largest absolute Gasteiger partial charge is 0.505 e. The number of sulfonamides is 1. The van der Waals surface area contributed by atoms with E-state index >= 15 is 0 Å². The molecule has 2 N–H and O–H groups in total. The number of nitrogens with one attached hydrogen (secondary N) is 1. The number of anilines is 1. The van der Waals surface area contributed by atoms with E-state index in [0.717, 1.165) is 55.2 Å². The number of hydrogen-bond acceptors (Lipinski definition) is 5. The van der Waals surface area contributed by atoms with Gasteiger partial charge in [0.05, 0.1) is 4.90 Å². The number of aryl methyl sites for hydroxylation is 2. The topological polar surface area (TPSA) is 96.6 Å². The zero-order valence-corrected chi connectivity index (χ0v) is 22.6. The first kappa shape index (κ1) is 25.4. The quantitative estimate of drug-likeness (QED) is 0.247. The standard InChI is InChI=1S/C32H31NO5S/c1-21-12-15-26(29(28(21)24-13-14-24)23-10-6-3-7-11-23)39(36,37)33-30-25(34)20-27(38-31(30)35)32(18-19-32)17-16-22-8-4-2-5-9-22/h2-12,15,20,24,33-34H,13-14,16-19H2,1H3. The lowest BCUT2D eigenvalue weighted by atomic mass is 9.93. The SMILES string of the molecule is Cc1ccc(S(=O)(=O)Nc2c(O)cc(C3(CCc4ccccc4)CC3)oc2=O)c(-c2ccccc2)c1C1CC1. The molecule has 0 spiro atoms. The number of aromatic hydroxyl groups is 1. The lowest BCUT2D eigenvalue weighted by Gasteiger charge is -2.19. The fraction of sp³-hybridized carbons (Fsp3) is 0.281. The van der Waals surface area contributed by atoms with Crippen molar-refractivity contribution >= 4 is 15.7 Å². The predicted octanol–water partition coefficient (Wildman–Crippen LogP) is 6.66. The van der Waals surface area contributed by atoms with Crippen LogP contribution in [-0.4, -0.2) is 13.5 Å². The summed E-state index contributed by atoms with van der Waals surface area (Å²) in [6, 6.07) is 24.3. The van der Waals surface area contributed by atoms with E-state index in [2.05, 4.69) is 16.9 Å². The van der Waals surface area contributed by atoms with Crippen molar-refractivity contribution in [1.29, 1.82) is 0 Å². The van der Waals surface area contributed by atoms with Crippen molar-refractivity contribution in [3.63, 3.8) is 0 Å². The molecule has 0 aliphatic heterocycles. The molecule has 0 atom stereocenters. The molecule has 7 heteroatoms. The second-order valence-electron chi connectivity index (χ2n) is 10.8. The van der Waals surface area contributed by atoms with Crippen LogP contribution in [0.4, 0.5) is 5.69 Å². The van der Waals surface area contributed by atoms with Crippen LogP contribution in [0.3, 0.4) is 0 Å². The van der Waals surface area contributed by atoms with Gasteiger partial charge in [-0.05, 0) is 79.7 Å². The van der Waals surface area contributed by atoms with Crippen LogP contribution in [0.15, 0.2) is 93.0 Å². The van der Waals surface area contributed by atoms with Crippen molar-refractivity contribution in [3.8, 4) is 16.9 Å². The third-order valence-corrected chi connectivity index (χ3v) is 9.43. The molecule has 3 aromatic carbocycles. The molecule has 200 valence electrons. The molecule has 2 aliphatic rings. The van der Waals surface area contributed by atoms with E-state index in [1.165, 1.54) is 11.6 Å². The van der Waals surface area contributed by atoms with Gasteiger partial charge < -0.3 is 9.52 Å². The highest BCUT2D eigenvalue weighted by Gasteiger charge is 2.47. The van der Waals surface area contributed by atoms with Gasteiger partial charge in [0.15, 0.2) is 11.4 Å². The summed E-state index contributed by atoms with van der Waals surface area (Å²) in [6.07, 6.45) is 5.31. The molecule has 6 nitrogen and oxygen atoms in total. The van der Waals surface area contributed by atoms with E-state index in [9.17, 15) is 18.3 Å². The Morgan fingerprint density at radius 3 is 2.26 bits per heavy atom. The summed E-state index contributed by atoms with van der Waals surface area (Å²) in [6.45, 7) is 1.99. The Labute approximate surface area is 228 Å². The fourth-order valence-corrected chi connectivity index (χ4v) is 6.86. The van der Waals surface area contributed by atoms with Crippen LogP contribution in [0.2, 0.25) is 0 Å². The molecule has 0 radical (unpaired) electrons. The molecule has 2 aliphatic carbocycles. The van der Waals surface area contributed by atoms with Crippen LogP contribution in [-0.2, 0) is 21.9 Å². The minimum atomic E-state index is -4.23. The Hall–Kier alpha value is -3.84. The number of rotatable bonds is 9. The predicted molar refractivity (Wildman–Crippen MR) is 152 cm³/mol. The molecule has 0 saturated heterocycles. The van der Waals surface area contributed by atoms with Crippen LogP contribution in [0.5, 0.6) is 5.75 Å². The van der Waals surface area contributed by atoms with Crippen LogP contribution in [0.25, 0.3) is 11.1 Å². The Balaban J connectivity index is 1.33. The van der Waals surface area contributed by atoms with Crippen molar-refractivity contribution in [2.75, 3.05) is 4.72 Å². The molecule has 39 heavy (non-hydrogen) atoms. The van der Waals surface area contributed by atoms with Gasteiger partial charge >= 0.3 is 5.63 Å². The lowest BCUT2D eigenvalue weighted by molar-refractivity contribution is 0.385. The summed E-state index contributed by atoms with van der Waals surface area (Å²) in [4.78, 5) is 13.1. The first-order valence-electron chi connectivity index (χ1n) is 13.4. The minimum Gasteiger partial charge on any atom is -0.505 e. The van der Waals surface area contributed by atoms with Crippen molar-refractivity contribution < 1.29 is 17.9 Å². The summed E-state index contributed by atoms with van der Waals surface area (Å²) >= 11 is 0. The van der Waals surface area contributed by atoms with Gasteiger partial charge in [0, 0.05) is 17.0 Å². The third-order valence-electron chi connectivity index (χ3n) is 8.04. The van der Waals surface area contributed by atoms with Gasteiger partial charge in [0.1, 0.15) is 5.76 Å². The summed E-state index contributed by atoms with van der Waals surface area (Å²) in [5.41, 5.74) is 3.00. The maximum atomic E-state index is 13.8. The van der Waals surface area contributed by atoms with Crippen LogP contribution >= 0.6 is 0 Å². The van der Waals surface area contributed by atoms with Crippen LogP contribution in [0.1, 0.15) is 60.5 Å². The highest BCUT2D eigenvalue weighted by atomic mass is 32.2. The van der Waals surface area contributed by atoms with Gasteiger partial charge in [0.2, 0.25) is 0 Å². The summed E-state index contributed by atoms with van der Waals surface area (Å²) in [5, 5.41) is 10.9. The average molecular weight is 542 g/mol. The molecule has 2 saturated carbocycles. The van der Waals surface area contributed by atoms with E-state index in [0.29, 0.717) is 17.2 Å². The van der Waals surface area contributed by atoms with Gasteiger partial charge in [-0.2, -0.15) is 0 Å². The molecule has 1 heterocycles. The first-order chi connectivity index (χ1) is 18.8. The molecular formula is C32H31NO5S. The van der Waals surface area contributed by atoms with E-state index in [-0.39, 0.29) is 10.3 Å². The van der Waals surface area contributed by atoms with Crippen molar-refractivity contribution in [3.05, 3.63) is 112 Å². The zero-order valence-electron chi connectivity index (χ0n) is 21.8. The summed E-state index contributed by atoms with van der Waals surface area (Å²) < 4.78 is 35.5. The van der Waals surface area contributed by atoms with Gasteiger partial charge in [-0.1, -0.05) is 66.7 Å². The Bertz CT molecular complexity index is 1690. The third kappa shape index (κ3) is 4.99. The second kappa shape index (κ2) is 9.72. The maximum absolute atomic E-state index is 13.8. The van der Waals surface area contributed by atoms with Gasteiger partial charge in [0.25, 0.3) is 10.0 Å². The normalized spacial score (nSPS) is 16.1. The molecule has 4 aromatic rings. The van der Waals surface area contributed by atoms with Gasteiger partial charge in [-0.15, -0.1) is 0 Å². The van der Waals surface area contributed by atoms with E-state index in [1.807, 2.05) is 61.5 Å². The molecule has 0 amide bonds. The highest BCUT2D eigenvalue weighted by molar-refractivity contribution is 7.92. The Morgan fingerprint density at radius 1 is 0.974 bits per heavy atom. The second-order valence-corrected chi connectivity index (χ2v) is 12.5. The molecular weight excluding hydrogens is 510 g/mol. The summed E-state index contributed by atoms with van der Waals surface area (Å²) in [7, 11) is -4.23. The van der Waals surface area contributed by atoms with Crippen molar-refractivity contribution in [1.82, 2.24) is 0 Å². The van der Waals surface area contributed by atoms with Crippen LogP contribution < -0.4 is 10.3 Å². The van der Waals surface area contributed by atoms with Gasteiger partial charge in [-0.3, -0.25) is 4.72 Å². The van der Waals surface area contributed by atoms with Crippen molar-refractivity contribution in [2.45, 2.75) is 61.7 Å². The molecule has 2 fully saturated rings. The number of benzene rings is 3. The monoisotopic (exact) mass is 541 g/mol. The number of hydrogen-bond donors (Lipinski definition) is 2. The fourth-order valence-electron chi connectivity index (χ4n) is 5.55. The van der Waals surface area contributed by atoms with E-state index < -0.39 is 27.1 Å². The smallest absolute Gasteiger partial charge is 0.364 e. The maximum Gasteiger partial charge on any atom is 0.364 e. The van der Waals surface area contributed by atoms with Gasteiger partial charge in [-0.25, -0.2) is 13.2 Å². The Kier molecular flexibility index (Phi) is 6.34. The van der Waals surface area contributed by atoms with Crippen LogP contribution in [0, 0.1) is 6.92 Å². The minimum absolute atomic E-state index is 0.0746. The summed E-state index contributed by atoms with van der Waals surface area (Å²) in [5.74, 6) is 0.283. The molecule has 6 rings (SSSR count). The van der Waals surface area contributed by atoms with Crippen molar-refractivity contribution in [2.24, 2.45) is 0 Å². The molecule has 0 unspecified atom stereocenters. The van der Waals surface area contributed by atoms with E-state index in [4.69, 9.17) is 4.42 Å². The Morgan fingerprint density at radius 2 is 1.64 bits per heavy atom. The van der Waals surface area contributed by atoms with E-state index in [1.54, 1.807) is 6.07 Å². The molecule has 1 aromatic heterocycles. The molecule has 0 bridgehead atoms. The highest BCUT2D eigenvalue weighted by Crippen LogP contribution is 2.52. The first-order valence-corrected chi connectivity index (χ1v) is 14.9. The zero-order chi connectivity index (χ0) is 27.2.